The molecule has 4 heteroatoms. The first-order valence-corrected chi connectivity index (χ1v) is 8.27. The minimum Gasteiger partial charge on any atom is -0.493 e. The average molecular weight is 304 g/mol. The number of carbonyl (C=O) groups excluding carboxylic acids is 1. The van der Waals surface area contributed by atoms with E-state index >= 15 is 0 Å². The number of nitrogens with two attached hydrogens (primary N) is 1. The number of ether oxygens (including phenoxy) is 1. The zero-order valence-electron chi connectivity index (χ0n) is 14.1. The fourth-order valence-electron chi connectivity index (χ4n) is 2.92. The smallest absolute Gasteiger partial charge is 0.223 e. The van der Waals surface area contributed by atoms with E-state index in [9.17, 15) is 4.79 Å². The van der Waals surface area contributed by atoms with Gasteiger partial charge in [0.1, 0.15) is 5.75 Å². The molecule has 0 aromatic heterocycles. The van der Waals surface area contributed by atoms with Gasteiger partial charge < -0.3 is 15.8 Å². The molecule has 0 spiro atoms. The standard InChI is InChI=1S/C18H28N2O2/c1-5-6-15(19)13-9-12(4)10-14-16(7-8-22-17(13)14)20-18(21)11(2)3/h9-11,15-16H,5-8,19H2,1-4H3,(H,20,21). The van der Waals surface area contributed by atoms with Crippen molar-refractivity contribution < 1.29 is 9.53 Å². The fourth-order valence-corrected chi connectivity index (χ4v) is 2.92. The van der Waals surface area contributed by atoms with Gasteiger partial charge in [0.25, 0.3) is 0 Å². The third kappa shape index (κ3) is 3.61. The van der Waals surface area contributed by atoms with E-state index in [1.54, 1.807) is 0 Å². The molecular weight excluding hydrogens is 276 g/mol. The van der Waals surface area contributed by atoms with Gasteiger partial charge in [0, 0.05) is 29.5 Å². The third-order valence-corrected chi connectivity index (χ3v) is 4.16. The number of rotatable bonds is 5. The largest absolute Gasteiger partial charge is 0.493 e. The summed E-state index contributed by atoms with van der Waals surface area (Å²) in [6.45, 7) is 8.64. The molecule has 1 amide bonds. The van der Waals surface area contributed by atoms with Crippen molar-refractivity contribution in [2.75, 3.05) is 6.61 Å². The minimum absolute atomic E-state index is 0.0156. The number of carbonyl (C=O) groups is 1. The molecule has 0 aliphatic carbocycles. The summed E-state index contributed by atoms with van der Waals surface area (Å²) in [5, 5.41) is 3.14. The Morgan fingerprint density at radius 1 is 1.45 bits per heavy atom. The highest BCUT2D eigenvalue weighted by atomic mass is 16.5. The molecule has 2 atom stereocenters. The van der Waals surface area contributed by atoms with Crippen LogP contribution in [0.15, 0.2) is 12.1 Å². The second-order valence-corrected chi connectivity index (χ2v) is 6.52. The fraction of sp³-hybridized carbons (Fsp3) is 0.611. The zero-order chi connectivity index (χ0) is 16.3. The van der Waals surface area contributed by atoms with Crippen molar-refractivity contribution in [1.82, 2.24) is 5.32 Å². The van der Waals surface area contributed by atoms with Crippen molar-refractivity contribution in [3.63, 3.8) is 0 Å². The monoisotopic (exact) mass is 304 g/mol. The molecule has 0 saturated heterocycles. The summed E-state index contributed by atoms with van der Waals surface area (Å²) in [5.74, 6) is 0.948. The molecule has 4 nitrogen and oxygen atoms in total. The van der Waals surface area contributed by atoms with E-state index in [0.29, 0.717) is 6.61 Å². The molecule has 0 saturated carbocycles. The number of benzene rings is 1. The second-order valence-electron chi connectivity index (χ2n) is 6.52. The van der Waals surface area contributed by atoms with Gasteiger partial charge in [0.15, 0.2) is 0 Å². The van der Waals surface area contributed by atoms with Gasteiger partial charge in [-0.3, -0.25) is 4.79 Å². The predicted molar refractivity (Wildman–Crippen MR) is 88.8 cm³/mol. The summed E-state index contributed by atoms with van der Waals surface area (Å²) in [5.41, 5.74) is 9.63. The molecule has 2 unspecified atom stereocenters. The van der Waals surface area contributed by atoms with Crippen LogP contribution in [-0.2, 0) is 4.79 Å². The molecule has 0 fully saturated rings. The van der Waals surface area contributed by atoms with Gasteiger partial charge in [0.05, 0.1) is 12.6 Å². The first kappa shape index (κ1) is 16.8. The van der Waals surface area contributed by atoms with Crippen LogP contribution in [0.3, 0.4) is 0 Å². The SMILES string of the molecule is CCCC(N)c1cc(C)cc2c1OCCC2NC(=O)C(C)C. The Bertz CT molecular complexity index is 540. The first-order chi connectivity index (χ1) is 10.4. The topological polar surface area (TPSA) is 64.3 Å². The molecule has 0 bridgehead atoms. The maximum absolute atomic E-state index is 12.1. The van der Waals surface area contributed by atoms with E-state index in [-0.39, 0.29) is 23.9 Å². The van der Waals surface area contributed by atoms with Crippen LogP contribution in [0.5, 0.6) is 5.75 Å². The molecule has 1 aliphatic heterocycles. The summed E-state index contributed by atoms with van der Waals surface area (Å²) >= 11 is 0. The molecule has 22 heavy (non-hydrogen) atoms. The number of hydrogen-bond donors (Lipinski definition) is 2. The Morgan fingerprint density at radius 2 is 2.18 bits per heavy atom. The van der Waals surface area contributed by atoms with Gasteiger partial charge in [-0.15, -0.1) is 0 Å². The number of hydrogen-bond acceptors (Lipinski definition) is 3. The lowest BCUT2D eigenvalue weighted by atomic mass is 9.91. The van der Waals surface area contributed by atoms with Crippen LogP contribution in [0.2, 0.25) is 0 Å². The highest BCUT2D eigenvalue weighted by molar-refractivity contribution is 5.78. The summed E-state index contributed by atoms with van der Waals surface area (Å²) in [7, 11) is 0. The van der Waals surface area contributed by atoms with Crippen LogP contribution in [0, 0.1) is 12.8 Å². The Balaban J connectivity index is 2.36. The van der Waals surface area contributed by atoms with Crippen molar-refractivity contribution in [3.05, 3.63) is 28.8 Å². The number of amides is 1. The zero-order valence-corrected chi connectivity index (χ0v) is 14.1. The summed E-state index contributed by atoms with van der Waals surface area (Å²) in [6, 6.07) is 4.23. The highest BCUT2D eigenvalue weighted by Gasteiger charge is 2.27. The van der Waals surface area contributed by atoms with Gasteiger partial charge in [-0.2, -0.15) is 0 Å². The lowest BCUT2D eigenvalue weighted by Gasteiger charge is -2.30. The molecule has 1 aromatic rings. The van der Waals surface area contributed by atoms with Gasteiger partial charge >= 0.3 is 0 Å². The van der Waals surface area contributed by atoms with E-state index in [4.69, 9.17) is 10.5 Å². The third-order valence-electron chi connectivity index (χ3n) is 4.16. The van der Waals surface area contributed by atoms with Crippen LogP contribution in [0.25, 0.3) is 0 Å². The number of fused-ring (bicyclic) bond motifs is 1. The lowest BCUT2D eigenvalue weighted by molar-refractivity contribution is -0.124. The number of nitrogens with one attached hydrogen (secondary N) is 1. The van der Waals surface area contributed by atoms with E-state index in [1.807, 2.05) is 13.8 Å². The maximum Gasteiger partial charge on any atom is 0.223 e. The molecule has 122 valence electrons. The highest BCUT2D eigenvalue weighted by Crippen LogP contribution is 2.39. The van der Waals surface area contributed by atoms with Crippen molar-refractivity contribution >= 4 is 5.91 Å². The summed E-state index contributed by atoms with van der Waals surface area (Å²) in [4.78, 5) is 12.1. The normalized spacial score (nSPS) is 18.5. The average Bonchev–Trinajstić information content (AvgIpc) is 2.47. The lowest BCUT2D eigenvalue weighted by Crippen LogP contribution is -2.35. The molecule has 1 heterocycles. The van der Waals surface area contributed by atoms with Crippen molar-refractivity contribution in [1.29, 1.82) is 0 Å². The Kier molecular flexibility index (Phi) is 5.46. The van der Waals surface area contributed by atoms with Gasteiger partial charge in [-0.05, 0) is 13.3 Å². The van der Waals surface area contributed by atoms with Crippen LogP contribution < -0.4 is 15.8 Å². The van der Waals surface area contributed by atoms with Crippen LogP contribution >= 0.6 is 0 Å². The van der Waals surface area contributed by atoms with E-state index in [2.05, 4.69) is 31.3 Å². The summed E-state index contributed by atoms with van der Waals surface area (Å²) < 4.78 is 5.92. The van der Waals surface area contributed by atoms with Crippen LogP contribution in [0.4, 0.5) is 0 Å². The number of aryl methyl sites for hydroxylation is 1. The maximum atomic E-state index is 12.1. The molecule has 0 radical (unpaired) electrons. The summed E-state index contributed by atoms with van der Waals surface area (Å²) in [6.07, 6.45) is 2.77. The predicted octanol–water partition coefficient (Wildman–Crippen LogP) is 3.39. The Labute approximate surface area is 133 Å². The van der Waals surface area contributed by atoms with E-state index < -0.39 is 0 Å². The quantitative estimate of drug-likeness (QED) is 0.876. The molecule has 1 aromatic carbocycles. The van der Waals surface area contributed by atoms with E-state index in [0.717, 1.165) is 41.7 Å². The van der Waals surface area contributed by atoms with Crippen molar-refractivity contribution in [2.45, 2.75) is 59.0 Å². The van der Waals surface area contributed by atoms with Crippen molar-refractivity contribution in [3.8, 4) is 5.75 Å². The Morgan fingerprint density at radius 3 is 2.82 bits per heavy atom. The van der Waals surface area contributed by atoms with E-state index in [1.165, 1.54) is 0 Å². The molecular formula is C18H28N2O2. The molecule has 2 rings (SSSR count). The first-order valence-electron chi connectivity index (χ1n) is 8.27. The van der Waals surface area contributed by atoms with Gasteiger partial charge in [-0.25, -0.2) is 0 Å². The molecule has 3 N–H and O–H groups in total. The van der Waals surface area contributed by atoms with Crippen LogP contribution in [-0.4, -0.2) is 12.5 Å². The van der Waals surface area contributed by atoms with Gasteiger partial charge in [-0.1, -0.05) is 44.9 Å². The Hall–Kier alpha value is -1.55. The second kappa shape index (κ2) is 7.14. The van der Waals surface area contributed by atoms with Crippen LogP contribution in [0.1, 0.15) is 68.8 Å². The van der Waals surface area contributed by atoms with Gasteiger partial charge in [0.2, 0.25) is 5.91 Å². The van der Waals surface area contributed by atoms with Crippen molar-refractivity contribution in [2.24, 2.45) is 11.7 Å². The molecule has 1 aliphatic rings. The minimum atomic E-state index is -0.0158.